The normalized spacial score (nSPS) is 11.4. The van der Waals surface area contributed by atoms with Gasteiger partial charge in [-0.15, -0.1) is 0 Å². The summed E-state index contributed by atoms with van der Waals surface area (Å²) in [5.41, 5.74) is -1.44. The average Bonchev–Trinajstić information content (AvgIpc) is 2.45. The van der Waals surface area contributed by atoms with E-state index in [1.54, 1.807) is 48.5 Å². The van der Waals surface area contributed by atoms with Crippen LogP contribution in [0.3, 0.4) is 0 Å². The van der Waals surface area contributed by atoms with E-state index in [2.05, 4.69) is 0 Å². The minimum atomic E-state index is -1.02. The number of rotatable bonds is 4. The number of carbonyl (C=O) groups excluding carboxylic acids is 3. The van der Waals surface area contributed by atoms with Crippen molar-refractivity contribution in [3.63, 3.8) is 0 Å². The van der Waals surface area contributed by atoms with Crippen LogP contribution < -0.4 is 9.47 Å². The first-order chi connectivity index (χ1) is 12.3. The Morgan fingerprint density at radius 1 is 0.815 bits per heavy atom. The molecule has 0 saturated heterocycles. The summed E-state index contributed by atoms with van der Waals surface area (Å²) in [5.74, 6) is -0.904. The van der Waals surface area contributed by atoms with Gasteiger partial charge in [-0.25, -0.2) is 14.4 Å². The fourth-order valence-electron chi connectivity index (χ4n) is 1.73. The second-order valence-electron chi connectivity index (χ2n) is 7.51. The first kappa shape index (κ1) is 22.3. The lowest BCUT2D eigenvalue weighted by Gasteiger charge is -2.21. The van der Waals surface area contributed by atoms with Gasteiger partial charge < -0.3 is 23.7 Å². The monoisotopic (exact) mass is 382 g/mol. The molecule has 0 atom stereocenters. The maximum atomic E-state index is 12.0. The van der Waals surface area contributed by atoms with Crippen LogP contribution in [-0.4, -0.2) is 36.1 Å². The van der Waals surface area contributed by atoms with Crippen LogP contribution >= 0.6 is 0 Å². The Bertz CT molecular complexity index is 695. The molecule has 0 aromatic heterocycles. The molecule has 0 N–H and O–H groups in total. The Morgan fingerprint density at radius 3 is 1.74 bits per heavy atom. The highest BCUT2D eigenvalue weighted by Gasteiger charge is 2.24. The van der Waals surface area contributed by atoms with Crippen molar-refractivity contribution in [1.82, 2.24) is 0 Å². The van der Waals surface area contributed by atoms with Gasteiger partial charge in [0.25, 0.3) is 0 Å². The molecular weight excluding hydrogens is 356 g/mol. The van der Waals surface area contributed by atoms with E-state index in [0.29, 0.717) is 0 Å². The molecule has 0 radical (unpaired) electrons. The van der Waals surface area contributed by atoms with E-state index in [1.165, 1.54) is 18.2 Å². The fourth-order valence-corrected chi connectivity index (χ4v) is 1.73. The molecule has 0 bridgehead atoms. The van der Waals surface area contributed by atoms with Gasteiger partial charge in [-0.1, -0.05) is 0 Å². The number of hydrogen-bond donors (Lipinski definition) is 0. The third-order valence-corrected chi connectivity index (χ3v) is 2.62. The number of hydrogen-bond acceptors (Lipinski definition) is 8. The van der Waals surface area contributed by atoms with Gasteiger partial charge in [0.1, 0.15) is 11.2 Å². The third kappa shape index (κ3) is 8.44. The van der Waals surface area contributed by atoms with Crippen molar-refractivity contribution in [2.75, 3.05) is 6.61 Å². The molecule has 0 fully saturated rings. The molecule has 0 heterocycles. The van der Waals surface area contributed by atoms with E-state index in [0.717, 1.165) is 0 Å². The summed E-state index contributed by atoms with van der Waals surface area (Å²) >= 11 is 0. The topological polar surface area (TPSA) is 97.4 Å². The molecule has 0 aliphatic carbocycles. The number of esters is 1. The van der Waals surface area contributed by atoms with E-state index < -0.39 is 29.5 Å². The highest BCUT2D eigenvalue weighted by molar-refractivity contribution is 5.90. The molecule has 27 heavy (non-hydrogen) atoms. The van der Waals surface area contributed by atoms with Gasteiger partial charge in [0.05, 0.1) is 12.2 Å². The zero-order chi connectivity index (χ0) is 20.8. The van der Waals surface area contributed by atoms with E-state index in [-0.39, 0.29) is 23.7 Å². The Balaban J connectivity index is 3.11. The first-order valence-electron chi connectivity index (χ1n) is 8.43. The largest absolute Gasteiger partial charge is 0.514 e. The number of ether oxygens (including phenoxy) is 5. The van der Waals surface area contributed by atoms with Gasteiger partial charge >= 0.3 is 18.3 Å². The van der Waals surface area contributed by atoms with Crippen molar-refractivity contribution >= 4 is 18.3 Å². The fraction of sp³-hybridized carbons (Fsp3) is 0.526. The van der Waals surface area contributed by atoms with Crippen molar-refractivity contribution in [3.8, 4) is 11.5 Å². The van der Waals surface area contributed by atoms with Crippen molar-refractivity contribution in [1.29, 1.82) is 0 Å². The summed E-state index contributed by atoms with van der Waals surface area (Å²) in [6.45, 7) is 11.9. The minimum absolute atomic E-state index is 0.108. The minimum Gasteiger partial charge on any atom is -0.462 e. The van der Waals surface area contributed by atoms with E-state index in [4.69, 9.17) is 23.7 Å². The summed E-state index contributed by atoms with van der Waals surface area (Å²) in [5, 5.41) is 0. The molecule has 0 saturated carbocycles. The van der Waals surface area contributed by atoms with Crippen LogP contribution in [0.15, 0.2) is 18.2 Å². The zero-order valence-electron chi connectivity index (χ0n) is 16.7. The summed E-state index contributed by atoms with van der Waals surface area (Å²) in [6.07, 6.45) is -2.00. The predicted molar refractivity (Wildman–Crippen MR) is 96.1 cm³/mol. The van der Waals surface area contributed by atoms with Crippen LogP contribution in [0.5, 0.6) is 11.5 Å². The highest BCUT2D eigenvalue weighted by Crippen LogP contribution is 2.30. The van der Waals surface area contributed by atoms with Crippen molar-refractivity contribution in [3.05, 3.63) is 23.8 Å². The first-order valence-corrected chi connectivity index (χ1v) is 8.43. The summed E-state index contributed by atoms with van der Waals surface area (Å²) < 4.78 is 25.3. The van der Waals surface area contributed by atoms with Crippen LogP contribution in [0.2, 0.25) is 0 Å². The maximum absolute atomic E-state index is 12.0. The molecule has 0 amide bonds. The average molecular weight is 382 g/mol. The lowest BCUT2D eigenvalue weighted by Crippen LogP contribution is -2.27. The molecule has 0 unspecified atom stereocenters. The lowest BCUT2D eigenvalue weighted by atomic mass is 10.2. The smallest absolute Gasteiger partial charge is 0.462 e. The van der Waals surface area contributed by atoms with Crippen LogP contribution in [0.25, 0.3) is 0 Å². The SMILES string of the molecule is CCOC(=O)c1ccc(OC(=O)OC(C)(C)C)c(OC(=O)OC(C)(C)C)c1. The second kappa shape index (κ2) is 8.75. The van der Waals surface area contributed by atoms with E-state index >= 15 is 0 Å². The van der Waals surface area contributed by atoms with Crippen LogP contribution in [0.1, 0.15) is 58.8 Å². The quantitative estimate of drug-likeness (QED) is 0.427. The van der Waals surface area contributed by atoms with Crippen LogP contribution in [0.4, 0.5) is 9.59 Å². The van der Waals surface area contributed by atoms with E-state index in [9.17, 15) is 14.4 Å². The van der Waals surface area contributed by atoms with E-state index in [1.807, 2.05) is 0 Å². The van der Waals surface area contributed by atoms with Crippen LogP contribution in [-0.2, 0) is 14.2 Å². The van der Waals surface area contributed by atoms with Crippen molar-refractivity contribution in [2.24, 2.45) is 0 Å². The molecule has 150 valence electrons. The standard InChI is InChI=1S/C19H26O8/c1-8-23-15(20)12-9-10-13(24-16(21)26-18(2,3)4)14(11-12)25-17(22)27-19(5,6)7/h9-11H,8H2,1-7H3. The Labute approximate surface area is 158 Å². The van der Waals surface area contributed by atoms with Gasteiger partial charge in [-0.05, 0) is 66.7 Å². The predicted octanol–water partition coefficient (Wildman–Crippen LogP) is 4.49. The molecule has 0 aliphatic rings. The number of carbonyl (C=O) groups is 3. The van der Waals surface area contributed by atoms with Gasteiger partial charge in [0.15, 0.2) is 11.5 Å². The summed E-state index contributed by atoms with van der Waals surface area (Å²) in [4.78, 5) is 35.8. The molecule has 1 aromatic carbocycles. The molecule has 1 rings (SSSR count). The Kier molecular flexibility index (Phi) is 7.21. The summed E-state index contributed by atoms with van der Waals surface area (Å²) in [6, 6.07) is 3.90. The zero-order valence-corrected chi connectivity index (χ0v) is 16.7. The maximum Gasteiger partial charge on any atom is 0.514 e. The summed E-state index contributed by atoms with van der Waals surface area (Å²) in [7, 11) is 0. The third-order valence-electron chi connectivity index (χ3n) is 2.62. The highest BCUT2D eigenvalue weighted by atomic mass is 16.8. The van der Waals surface area contributed by atoms with Gasteiger partial charge in [-0.3, -0.25) is 0 Å². The lowest BCUT2D eigenvalue weighted by molar-refractivity contribution is 0.0137. The van der Waals surface area contributed by atoms with Gasteiger partial charge in [0, 0.05) is 0 Å². The van der Waals surface area contributed by atoms with Crippen molar-refractivity contribution < 1.29 is 38.1 Å². The van der Waals surface area contributed by atoms with Gasteiger partial charge in [0.2, 0.25) is 0 Å². The molecule has 8 nitrogen and oxygen atoms in total. The molecule has 0 spiro atoms. The van der Waals surface area contributed by atoms with Crippen LogP contribution in [0, 0.1) is 0 Å². The molecular formula is C19H26O8. The Morgan fingerprint density at radius 2 is 1.30 bits per heavy atom. The van der Waals surface area contributed by atoms with Gasteiger partial charge in [-0.2, -0.15) is 0 Å². The second-order valence-corrected chi connectivity index (χ2v) is 7.51. The molecule has 8 heteroatoms. The molecule has 0 aliphatic heterocycles. The van der Waals surface area contributed by atoms with Crippen molar-refractivity contribution in [2.45, 2.75) is 59.7 Å². The number of benzene rings is 1. The molecule has 1 aromatic rings. The Hall–Kier alpha value is -2.77.